The second-order valence-corrected chi connectivity index (χ2v) is 8.56. The molecule has 3 aromatic rings. The number of hydrogen-bond acceptors (Lipinski definition) is 4. The number of nitrogens with zero attached hydrogens (tertiary/aromatic N) is 2. The van der Waals surface area contributed by atoms with Crippen molar-refractivity contribution in [1.82, 2.24) is 4.57 Å². The first-order valence-electron chi connectivity index (χ1n) is 8.11. The molecular formula is C18H19N3O3S2. The van der Waals surface area contributed by atoms with E-state index in [-0.39, 0.29) is 10.8 Å². The lowest BCUT2D eigenvalue weighted by atomic mass is 10.1. The van der Waals surface area contributed by atoms with E-state index in [1.807, 2.05) is 30.5 Å². The smallest absolute Gasteiger partial charge is 0.279 e. The molecule has 0 radical (unpaired) electrons. The molecule has 0 aliphatic carbocycles. The van der Waals surface area contributed by atoms with E-state index in [1.54, 1.807) is 18.2 Å². The molecule has 6 nitrogen and oxygen atoms in total. The van der Waals surface area contributed by atoms with E-state index in [4.69, 9.17) is 5.14 Å². The monoisotopic (exact) mass is 389 g/mol. The van der Waals surface area contributed by atoms with Gasteiger partial charge < -0.3 is 4.57 Å². The lowest BCUT2D eigenvalue weighted by Crippen LogP contribution is -2.17. The summed E-state index contributed by atoms with van der Waals surface area (Å²) in [7, 11) is -3.78. The topological polar surface area (TPSA) is 94.5 Å². The molecule has 26 heavy (non-hydrogen) atoms. The van der Waals surface area contributed by atoms with E-state index in [9.17, 15) is 13.2 Å². The lowest BCUT2D eigenvalue weighted by Gasteiger charge is -2.03. The number of sulfonamides is 1. The van der Waals surface area contributed by atoms with Gasteiger partial charge in [-0.25, -0.2) is 13.6 Å². The van der Waals surface area contributed by atoms with Crippen LogP contribution in [0.2, 0.25) is 0 Å². The molecule has 1 heterocycles. The van der Waals surface area contributed by atoms with Crippen LogP contribution in [0.5, 0.6) is 0 Å². The summed E-state index contributed by atoms with van der Waals surface area (Å²) < 4.78 is 25.8. The van der Waals surface area contributed by atoms with Crippen molar-refractivity contribution in [2.45, 2.75) is 31.7 Å². The molecule has 0 spiro atoms. The number of nitrogens with two attached hydrogens (primary N) is 1. The Morgan fingerprint density at radius 2 is 1.88 bits per heavy atom. The number of carbonyl (C=O) groups is 1. The predicted octanol–water partition coefficient (Wildman–Crippen LogP) is 2.81. The van der Waals surface area contributed by atoms with Gasteiger partial charge in [0.15, 0.2) is 4.80 Å². The average Bonchev–Trinajstić information content (AvgIpc) is 2.92. The Balaban J connectivity index is 2.16. The Morgan fingerprint density at radius 1 is 1.19 bits per heavy atom. The van der Waals surface area contributed by atoms with Crippen LogP contribution < -0.4 is 9.94 Å². The third-order valence-electron chi connectivity index (χ3n) is 3.93. The van der Waals surface area contributed by atoms with E-state index in [2.05, 4.69) is 4.99 Å². The SMILES string of the molecule is CCCn1c(=NC(=O)c2ccc(C)cc2)sc2cc(S(N)(=O)=O)ccc21. The summed E-state index contributed by atoms with van der Waals surface area (Å²) in [5.41, 5.74) is 2.42. The van der Waals surface area contributed by atoms with E-state index >= 15 is 0 Å². The number of rotatable bonds is 4. The quantitative estimate of drug-likeness (QED) is 0.743. The van der Waals surface area contributed by atoms with E-state index < -0.39 is 10.0 Å². The van der Waals surface area contributed by atoms with Crippen molar-refractivity contribution in [3.05, 3.63) is 58.4 Å². The number of fused-ring (bicyclic) bond motifs is 1. The molecule has 0 fully saturated rings. The van der Waals surface area contributed by atoms with E-state index in [0.29, 0.717) is 16.9 Å². The van der Waals surface area contributed by atoms with Crippen molar-refractivity contribution in [2.75, 3.05) is 0 Å². The fourth-order valence-corrected chi connectivity index (χ4v) is 4.31. The van der Waals surface area contributed by atoms with Gasteiger partial charge in [0.25, 0.3) is 5.91 Å². The van der Waals surface area contributed by atoms with Gasteiger partial charge in [0.05, 0.1) is 15.1 Å². The van der Waals surface area contributed by atoms with E-state index in [1.165, 1.54) is 23.5 Å². The minimum absolute atomic E-state index is 0.0475. The van der Waals surface area contributed by atoms with Gasteiger partial charge in [-0.1, -0.05) is 36.0 Å². The van der Waals surface area contributed by atoms with Crippen molar-refractivity contribution < 1.29 is 13.2 Å². The summed E-state index contributed by atoms with van der Waals surface area (Å²) >= 11 is 1.28. The van der Waals surface area contributed by atoms with Gasteiger partial charge in [-0.15, -0.1) is 0 Å². The number of aryl methyl sites for hydroxylation is 2. The Labute approximate surface area is 155 Å². The molecule has 0 bridgehead atoms. The maximum absolute atomic E-state index is 12.5. The van der Waals surface area contributed by atoms with Crippen LogP contribution in [0.25, 0.3) is 10.2 Å². The highest BCUT2D eigenvalue weighted by molar-refractivity contribution is 7.89. The first-order valence-corrected chi connectivity index (χ1v) is 10.5. The Bertz CT molecular complexity index is 1140. The zero-order chi connectivity index (χ0) is 18.9. The fourth-order valence-electron chi connectivity index (χ4n) is 2.60. The summed E-state index contributed by atoms with van der Waals surface area (Å²) in [6, 6.07) is 11.9. The number of primary sulfonamides is 1. The summed E-state index contributed by atoms with van der Waals surface area (Å²) in [4.78, 5) is 17.4. The number of carbonyl (C=O) groups excluding carboxylic acids is 1. The van der Waals surface area contributed by atoms with Crippen LogP contribution in [-0.2, 0) is 16.6 Å². The molecule has 3 rings (SSSR count). The number of thiazole rings is 1. The van der Waals surface area contributed by atoms with Gasteiger partial charge >= 0.3 is 0 Å². The molecule has 0 aliphatic rings. The molecule has 0 atom stereocenters. The van der Waals surface area contributed by atoms with Crippen LogP contribution in [0.1, 0.15) is 29.3 Å². The summed E-state index contributed by atoms with van der Waals surface area (Å²) in [6.45, 7) is 4.66. The molecule has 1 amide bonds. The third kappa shape index (κ3) is 3.77. The summed E-state index contributed by atoms with van der Waals surface area (Å²) in [5, 5.41) is 5.21. The molecule has 136 valence electrons. The van der Waals surface area contributed by atoms with Crippen LogP contribution in [0, 0.1) is 6.92 Å². The fraction of sp³-hybridized carbons (Fsp3) is 0.222. The van der Waals surface area contributed by atoms with E-state index in [0.717, 1.165) is 22.2 Å². The third-order valence-corrected chi connectivity index (χ3v) is 5.88. The normalized spacial score (nSPS) is 12.7. The van der Waals surface area contributed by atoms with Gasteiger partial charge in [0.2, 0.25) is 10.0 Å². The van der Waals surface area contributed by atoms with Crippen molar-refractivity contribution in [2.24, 2.45) is 10.1 Å². The van der Waals surface area contributed by atoms with Gasteiger partial charge in [-0.05, 0) is 43.7 Å². The average molecular weight is 390 g/mol. The highest BCUT2D eigenvalue weighted by atomic mass is 32.2. The highest BCUT2D eigenvalue weighted by Gasteiger charge is 2.13. The molecule has 2 aromatic carbocycles. The largest absolute Gasteiger partial charge is 0.316 e. The van der Waals surface area contributed by atoms with Gasteiger partial charge in [-0.3, -0.25) is 4.79 Å². The van der Waals surface area contributed by atoms with Gasteiger partial charge in [0, 0.05) is 12.1 Å². The van der Waals surface area contributed by atoms with Crippen LogP contribution in [0.15, 0.2) is 52.4 Å². The minimum Gasteiger partial charge on any atom is -0.316 e. The molecule has 0 unspecified atom stereocenters. The first-order chi connectivity index (χ1) is 12.3. The highest BCUT2D eigenvalue weighted by Crippen LogP contribution is 2.21. The second kappa shape index (κ2) is 7.14. The summed E-state index contributed by atoms with van der Waals surface area (Å²) in [5.74, 6) is -0.326. The number of amides is 1. The summed E-state index contributed by atoms with van der Waals surface area (Å²) in [6.07, 6.45) is 0.856. The van der Waals surface area contributed by atoms with Crippen molar-refractivity contribution in [3.63, 3.8) is 0 Å². The van der Waals surface area contributed by atoms with Gasteiger partial charge in [-0.2, -0.15) is 4.99 Å². The Kier molecular flexibility index (Phi) is 5.08. The molecule has 0 saturated heterocycles. The zero-order valence-electron chi connectivity index (χ0n) is 14.5. The predicted molar refractivity (Wildman–Crippen MR) is 103 cm³/mol. The molecule has 1 aromatic heterocycles. The molecule has 2 N–H and O–H groups in total. The van der Waals surface area contributed by atoms with Gasteiger partial charge in [0.1, 0.15) is 0 Å². The van der Waals surface area contributed by atoms with Crippen molar-refractivity contribution in [3.8, 4) is 0 Å². The standard InChI is InChI=1S/C18H19N3O3S2/c1-3-10-21-15-9-8-14(26(19,23)24)11-16(15)25-18(21)20-17(22)13-6-4-12(2)5-7-13/h4-9,11H,3,10H2,1-2H3,(H2,19,23,24). The lowest BCUT2D eigenvalue weighted by molar-refractivity contribution is 0.0998. The van der Waals surface area contributed by atoms with Crippen molar-refractivity contribution in [1.29, 1.82) is 0 Å². The number of aromatic nitrogens is 1. The molecule has 8 heteroatoms. The first kappa shape index (κ1) is 18.5. The van der Waals surface area contributed by atoms with Crippen LogP contribution in [0.3, 0.4) is 0 Å². The van der Waals surface area contributed by atoms with Crippen LogP contribution in [0.4, 0.5) is 0 Å². The number of benzene rings is 2. The second-order valence-electron chi connectivity index (χ2n) is 5.99. The molecular weight excluding hydrogens is 370 g/mol. The molecule has 0 aliphatic heterocycles. The number of hydrogen-bond donors (Lipinski definition) is 1. The van der Waals surface area contributed by atoms with Crippen molar-refractivity contribution >= 4 is 37.5 Å². The maximum Gasteiger partial charge on any atom is 0.279 e. The van der Waals surface area contributed by atoms with Crippen LogP contribution >= 0.6 is 11.3 Å². The van der Waals surface area contributed by atoms with Crippen LogP contribution in [-0.4, -0.2) is 18.9 Å². The zero-order valence-corrected chi connectivity index (χ0v) is 16.1. The molecule has 0 saturated carbocycles. The Hall–Kier alpha value is -2.29. The Morgan fingerprint density at radius 3 is 2.50 bits per heavy atom. The maximum atomic E-state index is 12.5. The minimum atomic E-state index is -3.78.